The van der Waals surface area contributed by atoms with E-state index in [1.165, 1.54) is 101 Å². The first kappa shape index (κ1) is 33.2. The standard InChI is InChI=1S/C29H60N2O3/c1-8-9-10-11-12-13-14-15-16-17-18-19-20-21-22-23-24-33-26-28(34-29(32)30(3)4)25-27(2)31(5,6)7/h27-28H,2,8-26H2,1,3-7H3/q+1. The first-order valence-corrected chi connectivity index (χ1v) is 14.3. The summed E-state index contributed by atoms with van der Waals surface area (Å²) < 4.78 is 12.2. The average Bonchev–Trinajstić information content (AvgIpc) is 2.77. The number of amides is 1. The monoisotopic (exact) mass is 484 g/mol. The first-order chi connectivity index (χ1) is 16.2. The zero-order valence-corrected chi connectivity index (χ0v) is 23.9. The molecule has 0 saturated carbocycles. The fourth-order valence-corrected chi connectivity index (χ4v) is 3.98. The summed E-state index contributed by atoms with van der Waals surface area (Å²) in [6.45, 7) is 7.71. The molecule has 203 valence electrons. The Morgan fingerprint density at radius 3 is 1.56 bits per heavy atom. The number of quaternary nitrogens is 1. The maximum Gasteiger partial charge on any atom is 0.409 e. The number of carbonyl (C=O) groups is 1. The molecular weight excluding hydrogens is 424 g/mol. The van der Waals surface area contributed by atoms with E-state index in [1.807, 2.05) is 0 Å². The second-order valence-electron chi connectivity index (χ2n) is 11.3. The van der Waals surface area contributed by atoms with Crippen molar-refractivity contribution in [3.05, 3.63) is 6.92 Å². The van der Waals surface area contributed by atoms with Crippen LogP contribution >= 0.6 is 0 Å². The van der Waals surface area contributed by atoms with E-state index in [2.05, 4.69) is 35.0 Å². The number of ether oxygens (including phenoxy) is 2. The summed E-state index contributed by atoms with van der Waals surface area (Å²) in [7, 11) is 9.75. The normalized spacial score (nSPS) is 13.6. The summed E-state index contributed by atoms with van der Waals surface area (Å²) in [6.07, 6.45) is 22.0. The molecule has 0 aromatic carbocycles. The Balaban J connectivity index is 3.67. The molecule has 0 aromatic heterocycles. The van der Waals surface area contributed by atoms with E-state index in [0.717, 1.165) is 17.5 Å². The predicted octanol–water partition coefficient (Wildman–Crippen LogP) is 7.63. The smallest absolute Gasteiger partial charge is 0.409 e. The topological polar surface area (TPSA) is 38.8 Å². The summed E-state index contributed by atoms with van der Waals surface area (Å²) in [6, 6.07) is 0.138. The number of nitrogens with zero attached hydrogens (tertiary/aromatic N) is 2. The third kappa shape index (κ3) is 20.6. The molecule has 0 bridgehead atoms. The predicted molar refractivity (Wildman–Crippen MR) is 146 cm³/mol. The van der Waals surface area contributed by atoms with Crippen LogP contribution in [0, 0.1) is 6.92 Å². The van der Waals surface area contributed by atoms with Crippen LogP contribution in [-0.4, -0.2) is 76.1 Å². The fourth-order valence-electron chi connectivity index (χ4n) is 3.98. The fraction of sp³-hybridized carbons (Fsp3) is 0.931. The molecule has 0 N–H and O–H groups in total. The molecule has 0 aliphatic heterocycles. The van der Waals surface area contributed by atoms with Gasteiger partial charge in [-0.15, -0.1) is 0 Å². The molecule has 1 amide bonds. The highest BCUT2D eigenvalue weighted by Gasteiger charge is 2.26. The van der Waals surface area contributed by atoms with Crippen molar-refractivity contribution in [1.29, 1.82) is 0 Å². The molecule has 0 saturated heterocycles. The Morgan fingerprint density at radius 1 is 0.765 bits per heavy atom. The Bertz CT molecular complexity index is 463. The maximum absolute atomic E-state index is 12.0. The quantitative estimate of drug-likeness (QED) is 0.110. The van der Waals surface area contributed by atoms with Crippen molar-refractivity contribution in [2.75, 3.05) is 48.5 Å². The molecule has 0 rings (SSSR count). The van der Waals surface area contributed by atoms with Crippen molar-refractivity contribution in [3.63, 3.8) is 0 Å². The van der Waals surface area contributed by atoms with Gasteiger partial charge in [-0.05, 0) is 6.42 Å². The van der Waals surface area contributed by atoms with Crippen molar-refractivity contribution in [1.82, 2.24) is 4.90 Å². The lowest BCUT2D eigenvalue weighted by Gasteiger charge is -2.33. The van der Waals surface area contributed by atoms with E-state index in [4.69, 9.17) is 9.47 Å². The third-order valence-electron chi connectivity index (χ3n) is 6.71. The van der Waals surface area contributed by atoms with Crippen molar-refractivity contribution in [2.24, 2.45) is 0 Å². The SMILES string of the molecule is [CH2]C(CC(COCCCCCCCCCCCCCCCCCC)OC(=O)N(C)C)[N+](C)(C)C. The summed E-state index contributed by atoms with van der Waals surface area (Å²) in [5.74, 6) is 0. The maximum atomic E-state index is 12.0. The van der Waals surface area contributed by atoms with E-state index in [1.54, 1.807) is 14.1 Å². The molecule has 1 radical (unpaired) electrons. The Kier molecular flexibility index (Phi) is 21.0. The molecule has 0 aliphatic rings. The summed E-state index contributed by atoms with van der Waals surface area (Å²) in [4.78, 5) is 13.5. The van der Waals surface area contributed by atoms with E-state index in [-0.39, 0.29) is 18.2 Å². The van der Waals surface area contributed by atoms with Crippen LogP contribution in [0.3, 0.4) is 0 Å². The van der Waals surface area contributed by atoms with Gasteiger partial charge in [0.15, 0.2) is 0 Å². The molecular formula is C29H60N2O3+. The van der Waals surface area contributed by atoms with E-state index < -0.39 is 0 Å². The lowest BCUT2D eigenvalue weighted by molar-refractivity contribution is -0.890. The number of hydrogen-bond acceptors (Lipinski definition) is 3. The van der Waals surface area contributed by atoms with Crippen molar-refractivity contribution in [3.8, 4) is 0 Å². The second kappa shape index (κ2) is 21.5. The van der Waals surface area contributed by atoms with Gasteiger partial charge in [-0.25, -0.2) is 4.79 Å². The third-order valence-corrected chi connectivity index (χ3v) is 6.71. The minimum Gasteiger partial charge on any atom is -0.443 e. The van der Waals surface area contributed by atoms with Gasteiger partial charge in [0, 0.05) is 34.0 Å². The molecule has 34 heavy (non-hydrogen) atoms. The van der Waals surface area contributed by atoms with E-state index >= 15 is 0 Å². The molecule has 0 heterocycles. The number of rotatable bonds is 23. The number of hydrogen-bond donors (Lipinski definition) is 0. The van der Waals surface area contributed by atoms with Crippen molar-refractivity contribution < 1.29 is 18.8 Å². The van der Waals surface area contributed by atoms with Crippen molar-refractivity contribution in [2.45, 2.75) is 128 Å². The van der Waals surface area contributed by atoms with E-state index in [9.17, 15) is 4.79 Å². The summed E-state index contributed by atoms with van der Waals surface area (Å²) in [5.41, 5.74) is 0. The van der Waals surface area contributed by atoms with Crippen LogP contribution in [0.15, 0.2) is 0 Å². The van der Waals surface area contributed by atoms with Gasteiger partial charge in [-0.3, -0.25) is 0 Å². The largest absolute Gasteiger partial charge is 0.443 e. The molecule has 5 heteroatoms. The minimum absolute atomic E-state index is 0.138. The summed E-state index contributed by atoms with van der Waals surface area (Å²) >= 11 is 0. The van der Waals surface area contributed by atoms with Gasteiger partial charge in [0.05, 0.1) is 33.8 Å². The highest BCUT2D eigenvalue weighted by Crippen LogP contribution is 2.15. The Labute approximate surface area is 213 Å². The zero-order valence-electron chi connectivity index (χ0n) is 23.9. The minimum atomic E-state index is -0.315. The van der Waals surface area contributed by atoms with Crippen LogP contribution in [0.1, 0.15) is 116 Å². The Hall–Kier alpha value is -0.810. The van der Waals surface area contributed by atoms with Crippen LogP contribution < -0.4 is 0 Å². The number of unbranched alkanes of at least 4 members (excludes halogenated alkanes) is 15. The van der Waals surface area contributed by atoms with Crippen LogP contribution in [0.5, 0.6) is 0 Å². The van der Waals surface area contributed by atoms with Gasteiger partial charge in [0.1, 0.15) is 6.10 Å². The van der Waals surface area contributed by atoms with Crippen molar-refractivity contribution >= 4 is 6.09 Å². The van der Waals surface area contributed by atoms with Crippen LogP contribution in [0.4, 0.5) is 4.79 Å². The van der Waals surface area contributed by atoms with E-state index in [0.29, 0.717) is 13.0 Å². The van der Waals surface area contributed by atoms with Gasteiger partial charge in [0.2, 0.25) is 0 Å². The first-order valence-electron chi connectivity index (χ1n) is 14.3. The molecule has 5 nitrogen and oxygen atoms in total. The molecule has 0 fully saturated rings. The zero-order chi connectivity index (χ0) is 25.7. The highest BCUT2D eigenvalue weighted by molar-refractivity contribution is 5.66. The summed E-state index contributed by atoms with van der Waals surface area (Å²) in [5, 5.41) is 0. The Morgan fingerprint density at radius 2 is 1.18 bits per heavy atom. The molecule has 0 aliphatic carbocycles. The molecule has 0 aromatic rings. The van der Waals surface area contributed by atoms with Gasteiger partial charge >= 0.3 is 6.09 Å². The van der Waals surface area contributed by atoms with Crippen LogP contribution in [-0.2, 0) is 9.47 Å². The molecule has 2 unspecified atom stereocenters. The highest BCUT2D eigenvalue weighted by atomic mass is 16.6. The van der Waals surface area contributed by atoms with Crippen LogP contribution in [0.2, 0.25) is 0 Å². The number of carbonyl (C=O) groups excluding carboxylic acids is 1. The van der Waals surface area contributed by atoms with Gasteiger partial charge < -0.3 is 18.9 Å². The van der Waals surface area contributed by atoms with Gasteiger partial charge in [-0.1, -0.05) is 103 Å². The second-order valence-corrected chi connectivity index (χ2v) is 11.3. The van der Waals surface area contributed by atoms with Gasteiger partial charge in [0.25, 0.3) is 0 Å². The molecule has 2 atom stereocenters. The lowest BCUT2D eigenvalue weighted by atomic mass is 10.0. The molecule has 0 spiro atoms. The average molecular weight is 485 g/mol. The van der Waals surface area contributed by atoms with Crippen LogP contribution in [0.25, 0.3) is 0 Å². The lowest BCUT2D eigenvalue weighted by Crippen LogP contribution is -2.46. The van der Waals surface area contributed by atoms with Gasteiger partial charge in [-0.2, -0.15) is 0 Å².